The van der Waals surface area contributed by atoms with Crippen molar-refractivity contribution in [1.29, 1.82) is 0 Å². The summed E-state index contributed by atoms with van der Waals surface area (Å²) in [5.74, 6) is -4.68. The highest BCUT2D eigenvalue weighted by Crippen LogP contribution is 2.42. The van der Waals surface area contributed by atoms with Crippen LogP contribution in [0.5, 0.6) is 0 Å². The van der Waals surface area contributed by atoms with Gasteiger partial charge in [0.2, 0.25) is 11.8 Å². The second kappa shape index (κ2) is 25.2. The van der Waals surface area contributed by atoms with Crippen molar-refractivity contribution in [2.75, 3.05) is 55.3 Å². The molecule has 26 heteroatoms. The second-order valence-corrected chi connectivity index (χ2v) is 16.1. The van der Waals surface area contributed by atoms with Gasteiger partial charge in [-0.15, -0.1) is 0 Å². The minimum absolute atomic E-state index is 0.0751. The SMILES string of the molecule is NCC(=O)Nc1ccc(C(=O)Nc2ccc(C(=O)NCC(=O)Nc3c(Br)c(C(=O)NCC(O)C(O)C(O)C(O)CO)c(Br)c(C(=O)NCC(O)C(O)C(O)C(O)CO)c3Br)cc2)cc1. The second-order valence-electron chi connectivity index (χ2n) is 13.7. The number of anilines is 3. The molecule has 0 fully saturated rings. The maximum atomic E-state index is 13.6. The lowest BCUT2D eigenvalue weighted by Gasteiger charge is -2.26. The van der Waals surface area contributed by atoms with E-state index < -0.39 is 128 Å². The fraction of sp³-hybridized carbons (Fsp3) is 0.368. The van der Waals surface area contributed by atoms with Crippen LogP contribution in [0, 0.1) is 0 Å². The van der Waals surface area contributed by atoms with Gasteiger partial charge in [0.15, 0.2) is 0 Å². The maximum absolute atomic E-state index is 13.6. The van der Waals surface area contributed by atoms with Gasteiger partial charge in [-0.05, 0) is 96.3 Å². The number of nitrogens with one attached hydrogen (secondary N) is 6. The summed E-state index contributed by atoms with van der Waals surface area (Å²) < 4.78 is -0.682. The molecule has 0 bridgehead atoms. The number of carbonyl (C=O) groups excluding carboxylic acids is 6. The fourth-order valence-corrected chi connectivity index (χ4v) is 8.29. The van der Waals surface area contributed by atoms with Crippen LogP contribution in [0.15, 0.2) is 61.9 Å². The lowest BCUT2D eigenvalue weighted by atomic mass is 10.0. The van der Waals surface area contributed by atoms with Gasteiger partial charge in [0, 0.05) is 40.1 Å². The first-order valence-electron chi connectivity index (χ1n) is 18.7. The van der Waals surface area contributed by atoms with Gasteiger partial charge in [0.25, 0.3) is 23.6 Å². The largest absolute Gasteiger partial charge is 0.394 e. The summed E-state index contributed by atoms with van der Waals surface area (Å²) in [6.07, 6.45) is -15.7. The first-order chi connectivity index (χ1) is 30.2. The van der Waals surface area contributed by atoms with E-state index in [1.807, 2.05) is 0 Å². The number of aliphatic hydroxyl groups excluding tert-OH is 10. The predicted molar refractivity (Wildman–Crippen MR) is 236 cm³/mol. The van der Waals surface area contributed by atoms with Crippen molar-refractivity contribution in [2.45, 2.75) is 48.8 Å². The summed E-state index contributed by atoms with van der Waals surface area (Å²) in [5, 5.41) is 113. The van der Waals surface area contributed by atoms with Crippen LogP contribution in [0.3, 0.4) is 0 Å². The molecule has 3 rings (SSSR count). The molecular weight excluding hydrogens is 1050 g/mol. The molecule has 18 N–H and O–H groups in total. The highest BCUT2D eigenvalue weighted by Gasteiger charge is 2.34. The van der Waals surface area contributed by atoms with Crippen molar-refractivity contribution in [3.8, 4) is 0 Å². The summed E-state index contributed by atoms with van der Waals surface area (Å²) in [7, 11) is 0. The summed E-state index contributed by atoms with van der Waals surface area (Å²) in [4.78, 5) is 77.6. The normalized spacial score (nSPS) is 15.0. The van der Waals surface area contributed by atoms with Gasteiger partial charge in [-0.25, -0.2) is 0 Å². The van der Waals surface area contributed by atoms with Gasteiger partial charge in [-0.2, -0.15) is 0 Å². The monoisotopic (exact) mass is 1090 g/mol. The molecule has 8 unspecified atom stereocenters. The van der Waals surface area contributed by atoms with E-state index in [9.17, 15) is 69.6 Å². The Morgan fingerprint density at radius 1 is 0.484 bits per heavy atom. The van der Waals surface area contributed by atoms with Crippen LogP contribution in [-0.2, 0) is 9.59 Å². The quantitative estimate of drug-likeness (QED) is 0.0472. The molecule has 64 heavy (non-hydrogen) atoms. The van der Waals surface area contributed by atoms with Crippen molar-refractivity contribution in [3.63, 3.8) is 0 Å². The third kappa shape index (κ3) is 14.5. The molecule has 8 atom stereocenters. The number of halogens is 3. The Bertz CT molecular complexity index is 2070. The molecule has 0 saturated heterocycles. The van der Waals surface area contributed by atoms with Crippen LogP contribution in [-0.4, -0.2) is 175 Å². The molecular formula is C38H46Br3N7O16. The van der Waals surface area contributed by atoms with Crippen LogP contribution in [0.4, 0.5) is 17.1 Å². The molecule has 350 valence electrons. The van der Waals surface area contributed by atoms with Crippen molar-refractivity contribution >= 4 is 100 Å². The highest BCUT2D eigenvalue weighted by atomic mass is 79.9. The third-order valence-corrected chi connectivity index (χ3v) is 11.4. The van der Waals surface area contributed by atoms with Crippen molar-refractivity contribution in [3.05, 3.63) is 84.2 Å². The van der Waals surface area contributed by atoms with E-state index in [1.165, 1.54) is 48.5 Å². The molecule has 0 aliphatic rings. The van der Waals surface area contributed by atoms with Gasteiger partial charge in [-0.1, -0.05) is 0 Å². The Kier molecular flexibility index (Phi) is 21.2. The van der Waals surface area contributed by atoms with Gasteiger partial charge < -0.3 is 88.7 Å². The third-order valence-electron chi connectivity index (χ3n) is 9.06. The minimum atomic E-state index is -2.06. The summed E-state index contributed by atoms with van der Waals surface area (Å²) >= 11 is 9.58. The number of carbonyl (C=O) groups is 6. The van der Waals surface area contributed by atoms with E-state index >= 15 is 0 Å². The van der Waals surface area contributed by atoms with Gasteiger partial charge in [0.1, 0.15) is 36.6 Å². The zero-order chi connectivity index (χ0) is 48.0. The van der Waals surface area contributed by atoms with Crippen LogP contribution < -0.4 is 37.6 Å². The van der Waals surface area contributed by atoms with Gasteiger partial charge in [-0.3, -0.25) is 28.8 Å². The standard InChI is InChI=1S/C38H46Br3N7O16/c39-27-25(37(63)43-10-19(51)31(57)33(59)21(53)13-49)28(40)30(29(41)26(27)38(64)44-11-20(52)32(58)34(60)22(54)14-50)48-24(56)12-45-35(61)15-1-7-18(8-2-15)47-36(62)16-3-5-17(6-4-16)46-23(55)9-42/h1-8,19-22,31-34,49-54,57-60H,9-14,42H2,(H,43,63)(H,44,64)(H,45,61)(H,46,55)(H,47,62)(H,48,56). The smallest absolute Gasteiger partial charge is 0.255 e. The molecule has 3 aromatic rings. The topological polar surface area (TPSA) is 403 Å². The van der Waals surface area contributed by atoms with E-state index in [1.54, 1.807) is 0 Å². The molecule has 0 radical (unpaired) electrons. The zero-order valence-electron chi connectivity index (χ0n) is 33.1. The number of rotatable bonds is 22. The van der Waals surface area contributed by atoms with E-state index in [0.29, 0.717) is 11.4 Å². The van der Waals surface area contributed by atoms with E-state index in [-0.39, 0.29) is 36.8 Å². The number of nitrogens with two attached hydrogens (primary N) is 1. The number of benzene rings is 3. The lowest BCUT2D eigenvalue weighted by Crippen LogP contribution is -2.50. The maximum Gasteiger partial charge on any atom is 0.255 e. The fourth-order valence-electron chi connectivity index (χ4n) is 5.38. The molecule has 3 aromatic carbocycles. The van der Waals surface area contributed by atoms with Crippen LogP contribution >= 0.6 is 47.8 Å². The molecule has 0 heterocycles. The first-order valence-corrected chi connectivity index (χ1v) is 21.1. The predicted octanol–water partition coefficient (Wildman–Crippen LogP) is -3.18. The molecule has 0 aromatic heterocycles. The first kappa shape index (κ1) is 53.8. The average molecular weight is 1100 g/mol. The zero-order valence-corrected chi connectivity index (χ0v) is 37.9. The molecule has 23 nitrogen and oxygen atoms in total. The minimum Gasteiger partial charge on any atom is -0.394 e. The summed E-state index contributed by atoms with van der Waals surface area (Å²) in [6.45, 7) is -4.37. The Hall–Kier alpha value is -4.52. The number of hydrogen-bond donors (Lipinski definition) is 17. The van der Waals surface area contributed by atoms with Crippen LogP contribution in [0.25, 0.3) is 0 Å². The number of amides is 6. The molecule has 0 saturated carbocycles. The Labute approximate surface area is 388 Å². The lowest BCUT2D eigenvalue weighted by molar-refractivity contribution is -0.115. The van der Waals surface area contributed by atoms with Crippen molar-refractivity contribution in [1.82, 2.24) is 16.0 Å². The van der Waals surface area contributed by atoms with E-state index in [0.717, 1.165) is 0 Å². The average Bonchev–Trinajstić information content (AvgIpc) is 3.29. The van der Waals surface area contributed by atoms with E-state index in [2.05, 4.69) is 79.7 Å². The highest BCUT2D eigenvalue weighted by molar-refractivity contribution is 9.11. The Balaban J connectivity index is 1.80. The van der Waals surface area contributed by atoms with Crippen LogP contribution in [0.2, 0.25) is 0 Å². The summed E-state index contributed by atoms with van der Waals surface area (Å²) in [5.41, 5.74) is 5.25. The van der Waals surface area contributed by atoms with Crippen LogP contribution in [0.1, 0.15) is 41.4 Å². The van der Waals surface area contributed by atoms with Gasteiger partial charge >= 0.3 is 0 Å². The summed E-state index contributed by atoms with van der Waals surface area (Å²) in [6, 6.07) is 11.6. The number of aliphatic hydroxyl groups is 10. The Morgan fingerprint density at radius 2 is 0.875 bits per heavy atom. The molecule has 0 spiro atoms. The molecule has 0 aliphatic carbocycles. The van der Waals surface area contributed by atoms with Crippen molar-refractivity contribution < 1.29 is 79.8 Å². The molecule has 0 aliphatic heterocycles. The van der Waals surface area contributed by atoms with E-state index in [4.69, 9.17) is 15.9 Å². The number of hydrogen-bond acceptors (Lipinski definition) is 17. The van der Waals surface area contributed by atoms with Crippen molar-refractivity contribution in [2.24, 2.45) is 5.73 Å². The molecule has 6 amide bonds. The Morgan fingerprint density at radius 3 is 1.28 bits per heavy atom. The van der Waals surface area contributed by atoms with Gasteiger partial charge in [0.05, 0.1) is 64.3 Å².